The highest BCUT2D eigenvalue weighted by Crippen LogP contribution is 2.31. The number of nitrogens with zero attached hydrogens (tertiary/aromatic N) is 2. The van der Waals surface area contributed by atoms with Crippen molar-refractivity contribution >= 4 is 27.7 Å². The van der Waals surface area contributed by atoms with Crippen LogP contribution in [0.25, 0.3) is 0 Å². The lowest BCUT2D eigenvalue weighted by molar-refractivity contribution is -0.127. The monoisotopic (exact) mass is 369 g/mol. The molecule has 1 aliphatic heterocycles. The van der Waals surface area contributed by atoms with Crippen LogP contribution in [0.4, 0.5) is 0 Å². The summed E-state index contributed by atoms with van der Waals surface area (Å²) in [5, 5.41) is 0. The van der Waals surface area contributed by atoms with Crippen LogP contribution >= 0.6 is 15.9 Å². The second kappa shape index (κ2) is 6.44. The van der Waals surface area contributed by atoms with E-state index in [1.54, 1.807) is 0 Å². The third-order valence-electron chi connectivity index (χ3n) is 4.46. The number of hydrogen-bond acceptors (Lipinski definition) is 2. The average Bonchev–Trinajstić information content (AvgIpc) is 2.76. The molecule has 6 heteroatoms. The number of piperidine rings is 1. The van der Waals surface area contributed by atoms with Crippen molar-refractivity contribution in [3.8, 4) is 0 Å². The van der Waals surface area contributed by atoms with Gasteiger partial charge in [-0.1, -0.05) is 13.8 Å². The molecule has 0 aromatic carbocycles. The minimum Gasteiger partial charge on any atom is -0.369 e. The molecule has 1 aromatic heterocycles. The number of amides is 2. The van der Waals surface area contributed by atoms with E-state index in [2.05, 4.69) is 15.9 Å². The van der Waals surface area contributed by atoms with E-state index in [1.165, 1.54) is 0 Å². The van der Waals surface area contributed by atoms with Crippen LogP contribution in [0.3, 0.4) is 0 Å². The lowest BCUT2D eigenvalue weighted by Gasteiger charge is -2.36. The van der Waals surface area contributed by atoms with Crippen molar-refractivity contribution in [2.75, 3.05) is 13.1 Å². The van der Waals surface area contributed by atoms with Crippen LogP contribution in [-0.2, 0) is 11.8 Å². The highest BCUT2D eigenvalue weighted by Gasteiger charge is 2.33. The minimum atomic E-state index is -0.523. The van der Waals surface area contributed by atoms with Crippen molar-refractivity contribution in [1.29, 1.82) is 0 Å². The van der Waals surface area contributed by atoms with E-state index < -0.39 is 5.41 Å². The summed E-state index contributed by atoms with van der Waals surface area (Å²) in [4.78, 5) is 26.1. The van der Waals surface area contributed by atoms with Gasteiger partial charge in [0.25, 0.3) is 5.91 Å². The molecule has 0 spiro atoms. The summed E-state index contributed by atoms with van der Waals surface area (Å²) in [6.45, 7) is 5.22. The van der Waals surface area contributed by atoms with Crippen LogP contribution in [0.15, 0.2) is 16.7 Å². The standard InChI is InChI=1S/C16H24BrN3O2/c1-16(2,15(18)22)8-11-5-4-6-20(9-11)14(21)13-7-12(17)10-19(13)3/h7,10-11H,4-6,8-9H2,1-3H3,(H2,18,22). The number of halogens is 1. The van der Waals surface area contributed by atoms with E-state index in [9.17, 15) is 9.59 Å². The molecule has 2 amide bonds. The van der Waals surface area contributed by atoms with Crippen molar-refractivity contribution in [3.63, 3.8) is 0 Å². The normalized spacial score (nSPS) is 19.3. The van der Waals surface area contributed by atoms with Crippen LogP contribution in [-0.4, -0.2) is 34.4 Å². The molecular formula is C16H24BrN3O2. The second-order valence-corrected chi connectivity index (χ2v) is 7.78. The molecule has 1 fully saturated rings. The lowest BCUT2D eigenvalue weighted by Crippen LogP contribution is -2.43. The first-order chi connectivity index (χ1) is 10.2. The number of primary amides is 1. The van der Waals surface area contributed by atoms with Gasteiger partial charge >= 0.3 is 0 Å². The van der Waals surface area contributed by atoms with Gasteiger partial charge in [-0.15, -0.1) is 0 Å². The summed E-state index contributed by atoms with van der Waals surface area (Å²) in [6.07, 6.45) is 4.61. The van der Waals surface area contributed by atoms with Crippen molar-refractivity contribution in [3.05, 3.63) is 22.4 Å². The molecule has 122 valence electrons. The van der Waals surface area contributed by atoms with Gasteiger partial charge in [0.05, 0.1) is 0 Å². The van der Waals surface area contributed by atoms with E-state index in [-0.39, 0.29) is 11.8 Å². The maximum absolute atomic E-state index is 12.7. The molecule has 0 radical (unpaired) electrons. The Balaban J connectivity index is 2.06. The summed E-state index contributed by atoms with van der Waals surface area (Å²) < 4.78 is 2.74. The van der Waals surface area contributed by atoms with Crippen LogP contribution < -0.4 is 5.73 Å². The molecule has 2 rings (SSSR count). The van der Waals surface area contributed by atoms with Gasteiger partial charge in [0.1, 0.15) is 5.69 Å². The number of likely N-dealkylation sites (tertiary alicyclic amines) is 1. The number of rotatable bonds is 4. The predicted octanol–water partition coefficient (Wildman–Crippen LogP) is 2.54. The number of carbonyl (C=O) groups is 2. The fraction of sp³-hybridized carbons (Fsp3) is 0.625. The topological polar surface area (TPSA) is 68.3 Å². The first kappa shape index (κ1) is 17.1. The first-order valence-electron chi connectivity index (χ1n) is 7.62. The Bertz CT molecular complexity index is 580. The molecule has 1 atom stereocenters. The van der Waals surface area contributed by atoms with Gasteiger partial charge in [-0.25, -0.2) is 0 Å². The zero-order valence-corrected chi connectivity index (χ0v) is 15.0. The Morgan fingerprint density at radius 3 is 2.68 bits per heavy atom. The van der Waals surface area contributed by atoms with Gasteiger partial charge in [0.15, 0.2) is 0 Å². The Kier molecular flexibility index (Phi) is 5.00. The third-order valence-corrected chi connectivity index (χ3v) is 4.90. The lowest BCUT2D eigenvalue weighted by atomic mass is 9.79. The number of aryl methyl sites for hydroxylation is 1. The largest absolute Gasteiger partial charge is 0.369 e. The van der Waals surface area contributed by atoms with Gasteiger partial charge in [-0.3, -0.25) is 9.59 Å². The highest BCUT2D eigenvalue weighted by molar-refractivity contribution is 9.10. The molecule has 1 aromatic rings. The quantitative estimate of drug-likeness (QED) is 0.885. The zero-order valence-electron chi connectivity index (χ0n) is 13.4. The zero-order chi connectivity index (χ0) is 16.5. The Labute approximate surface area is 140 Å². The summed E-state index contributed by atoms with van der Waals surface area (Å²) in [5.41, 5.74) is 5.63. The van der Waals surface area contributed by atoms with Crippen LogP contribution in [0, 0.1) is 11.3 Å². The van der Waals surface area contributed by atoms with Crippen molar-refractivity contribution in [2.45, 2.75) is 33.1 Å². The molecule has 1 unspecified atom stereocenters. The fourth-order valence-corrected chi connectivity index (χ4v) is 3.66. The predicted molar refractivity (Wildman–Crippen MR) is 89.3 cm³/mol. The fourth-order valence-electron chi connectivity index (χ4n) is 3.14. The maximum Gasteiger partial charge on any atom is 0.270 e. The molecular weight excluding hydrogens is 346 g/mol. The van der Waals surface area contributed by atoms with E-state index in [0.717, 1.165) is 30.3 Å². The van der Waals surface area contributed by atoms with Gasteiger partial charge < -0.3 is 15.2 Å². The number of nitrogens with two attached hydrogens (primary N) is 1. The van der Waals surface area contributed by atoms with E-state index in [1.807, 2.05) is 42.6 Å². The first-order valence-corrected chi connectivity index (χ1v) is 8.41. The summed E-state index contributed by atoms with van der Waals surface area (Å²) in [6, 6.07) is 1.85. The molecule has 22 heavy (non-hydrogen) atoms. The minimum absolute atomic E-state index is 0.0507. The number of carbonyl (C=O) groups excluding carboxylic acids is 2. The third kappa shape index (κ3) is 3.72. The molecule has 1 saturated heterocycles. The maximum atomic E-state index is 12.7. The van der Waals surface area contributed by atoms with E-state index in [4.69, 9.17) is 5.73 Å². The van der Waals surface area contributed by atoms with Gasteiger partial charge in [-0.05, 0) is 47.2 Å². The van der Waals surface area contributed by atoms with Crippen molar-refractivity contribution in [2.24, 2.45) is 24.1 Å². The van der Waals surface area contributed by atoms with Crippen molar-refractivity contribution < 1.29 is 9.59 Å². The van der Waals surface area contributed by atoms with Crippen molar-refractivity contribution in [1.82, 2.24) is 9.47 Å². The Morgan fingerprint density at radius 1 is 1.45 bits per heavy atom. The molecule has 0 aliphatic carbocycles. The second-order valence-electron chi connectivity index (χ2n) is 6.87. The Morgan fingerprint density at radius 2 is 2.14 bits per heavy atom. The SMILES string of the molecule is Cn1cc(Br)cc1C(=O)N1CCCC(CC(C)(C)C(N)=O)C1. The van der Waals surface area contributed by atoms with Crippen LogP contribution in [0.1, 0.15) is 43.6 Å². The summed E-state index contributed by atoms with van der Waals surface area (Å²) in [5.74, 6) is 0.0982. The molecule has 5 nitrogen and oxygen atoms in total. The average molecular weight is 370 g/mol. The molecule has 2 N–H and O–H groups in total. The molecule has 1 aliphatic rings. The summed E-state index contributed by atoms with van der Waals surface area (Å²) in [7, 11) is 1.87. The van der Waals surface area contributed by atoms with E-state index >= 15 is 0 Å². The molecule has 0 bridgehead atoms. The van der Waals surface area contributed by atoms with Gasteiger partial charge in [0, 0.05) is 36.2 Å². The van der Waals surface area contributed by atoms with Crippen LogP contribution in [0.2, 0.25) is 0 Å². The molecule has 0 saturated carbocycles. The van der Waals surface area contributed by atoms with Crippen LogP contribution in [0.5, 0.6) is 0 Å². The number of hydrogen-bond donors (Lipinski definition) is 1. The van der Waals surface area contributed by atoms with Gasteiger partial charge in [-0.2, -0.15) is 0 Å². The molecule has 2 heterocycles. The van der Waals surface area contributed by atoms with Gasteiger partial charge in [0.2, 0.25) is 5.91 Å². The van der Waals surface area contributed by atoms with E-state index in [0.29, 0.717) is 18.2 Å². The summed E-state index contributed by atoms with van der Waals surface area (Å²) >= 11 is 3.40. The Hall–Kier alpha value is -1.30. The number of aromatic nitrogens is 1. The smallest absolute Gasteiger partial charge is 0.270 e. The highest BCUT2D eigenvalue weighted by atomic mass is 79.9.